The first-order valence-corrected chi connectivity index (χ1v) is 11.0. The summed E-state index contributed by atoms with van der Waals surface area (Å²) in [7, 11) is 0. The zero-order chi connectivity index (χ0) is 22.4. The van der Waals surface area contributed by atoms with Crippen molar-refractivity contribution in [3.05, 3.63) is 63.7 Å². The Morgan fingerprint density at radius 3 is 2.29 bits per heavy atom. The second-order valence-electron chi connectivity index (χ2n) is 8.41. The smallest absolute Gasteiger partial charge is 0.234 e. The number of benzene rings is 2. The largest absolute Gasteiger partial charge is 0.491 e. The summed E-state index contributed by atoms with van der Waals surface area (Å²) in [4.78, 5) is 14.3. The predicted molar refractivity (Wildman–Crippen MR) is 121 cm³/mol. The molecular weight excluding hydrogens is 416 g/mol. The number of aliphatic hydroxyl groups excluding tert-OH is 1. The molecule has 0 atom stereocenters. The molecule has 0 bridgehead atoms. The van der Waals surface area contributed by atoms with Crippen molar-refractivity contribution < 1.29 is 19.7 Å². The van der Waals surface area contributed by atoms with Gasteiger partial charge in [-0.05, 0) is 61.1 Å². The first-order valence-electron chi connectivity index (χ1n) is 10.6. The lowest BCUT2D eigenvalue weighted by molar-refractivity contribution is -0.124. The van der Waals surface area contributed by atoms with Gasteiger partial charge in [0.15, 0.2) is 0 Å². The summed E-state index contributed by atoms with van der Waals surface area (Å²) in [5.41, 5.74) is 2.84. The van der Waals surface area contributed by atoms with Gasteiger partial charge in [0.05, 0.1) is 13.2 Å². The lowest BCUT2D eigenvalue weighted by Gasteiger charge is -2.37. The molecule has 168 valence electrons. The lowest BCUT2D eigenvalue weighted by atomic mass is 9.92. The maximum absolute atomic E-state index is 12.3. The molecule has 2 aromatic rings. The van der Waals surface area contributed by atoms with Crippen LogP contribution in [0.25, 0.3) is 0 Å². The van der Waals surface area contributed by atoms with Gasteiger partial charge in [-0.1, -0.05) is 35.9 Å². The van der Waals surface area contributed by atoms with Crippen LogP contribution in [0, 0.1) is 13.8 Å². The number of nitrogens with zero attached hydrogens (tertiary/aromatic N) is 1. The Hall–Kier alpha value is -2.12. The number of halogens is 1. The molecule has 0 aromatic heterocycles. The normalized spacial score (nSPS) is 16.2. The second-order valence-corrected chi connectivity index (χ2v) is 8.79. The molecule has 1 saturated heterocycles. The predicted octanol–water partition coefficient (Wildman–Crippen LogP) is 2.97. The molecule has 1 heterocycles. The molecule has 0 saturated carbocycles. The highest BCUT2D eigenvalue weighted by molar-refractivity contribution is 6.32. The molecule has 7 heteroatoms. The first kappa shape index (κ1) is 23.5. The number of piperidine rings is 1. The van der Waals surface area contributed by atoms with E-state index < -0.39 is 5.60 Å². The number of nitrogens with one attached hydrogen (secondary N) is 1. The van der Waals surface area contributed by atoms with Crippen LogP contribution in [0.2, 0.25) is 5.02 Å². The van der Waals surface area contributed by atoms with Crippen molar-refractivity contribution in [1.82, 2.24) is 10.2 Å². The number of hydrogen-bond acceptors (Lipinski definition) is 5. The minimum atomic E-state index is -0.900. The molecular formula is C24H31ClN2O4. The quantitative estimate of drug-likeness (QED) is 0.580. The Balaban J connectivity index is 1.41. The Morgan fingerprint density at radius 1 is 1.13 bits per heavy atom. The molecule has 1 aliphatic rings. The standard InChI is InChI=1S/C24H31ClN2O4/c1-17-11-21(12-18(2)23(17)25)31-16-24(30)7-9-27(10-8-24)14-22(29)26-13-19-3-5-20(15-28)6-4-19/h3-6,11-12,28,30H,7-10,13-16H2,1-2H3,(H,26,29). The third kappa shape index (κ3) is 6.68. The Kier molecular flexibility index (Phi) is 7.94. The van der Waals surface area contributed by atoms with Gasteiger partial charge in [-0.3, -0.25) is 9.69 Å². The van der Waals surface area contributed by atoms with E-state index in [1.165, 1.54) is 0 Å². The summed E-state index contributed by atoms with van der Waals surface area (Å²) in [5, 5.41) is 23.6. The van der Waals surface area contributed by atoms with Gasteiger partial charge < -0.3 is 20.3 Å². The number of hydrogen-bond donors (Lipinski definition) is 3. The molecule has 1 fully saturated rings. The molecule has 3 N–H and O–H groups in total. The van der Waals surface area contributed by atoms with Gasteiger partial charge in [0.1, 0.15) is 18.0 Å². The maximum atomic E-state index is 12.3. The van der Waals surface area contributed by atoms with E-state index in [2.05, 4.69) is 10.2 Å². The summed E-state index contributed by atoms with van der Waals surface area (Å²) >= 11 is 6.20. The number of carbonyl (C=O) groups excluding carboxylic acids is 1. The minimum Gasteiger partial charge on any atom is -0.491 e. The lowest BCUT2D eigenvalue weighted by Crippen LogP contribution is -2.50. The van der Waals surface area contributed by atoms with E-state index in [-0.39, 0.29) is 19.1 Å². The van der Waals surface area contributed by atoms with E-state index >= 15 is 0 Å². The van der Waals surface area contributed by atoms with Gasteiger partial charge in [-0.2, -0.15) is 0 Å². The highest BCUT2D eigenvalue weighted by atomic mass is 35.5. The van der Waals surface area contributed by atoms with Crippen LogP contribution in [0.5, 0.6) is 5.75 Å². The van der Waals surface area contributed by atoms with Gasteiger partial charge >= 0.3 is 0 Å². The molecule has 31 heavy (non-hydrogen) atoms. The topological polar surface area (TPSA) is 82.0 Å². The zero-order valence-corrected chi connectivity index (χ0v) is 18.9. The fourth-order valence-electron chi connectivity index (χ4n) is 3.70. The third-order valence-corrected chi connectivity index (χ3v) is 6.36. The molecule has 0 aliphatic carbocycles. The summed E-state index contributed by atoms with van der Waals surface area (Å²) < 4.78 is 5.86. The van der Waals surface area contributed by atoms with Crippen molar-refractivity contribution in [2.45, 2.75) is 45.4 Å². The number of likely N-dealkylation sites (tertiary alicyclic amines) is 1. The summed E-state index contributed by atoms with van der Waals surface area (Å²) in [6.45, 7) is 6.14. The molecule has 6 nitrogen and oxygen atoms in total. The highest BCUT2D eigenvalue weighted by Crippen LogP contribution is 2.28. The van der Waals surface area contributed by atoms with Gasteiger partial charge in [-0.15, -0.1) is 0 Å². The van der Waals surface area contributed by atoms with Crippen LogP contribution in [-0.2, 0) is 17.9 Å². The molecule has 0 radical (unpaired) electrons. The average Bonchev–Trinajstić information content (AvgIpc) is 2.77. The molecule has 1 amide bonds. The number of ether oxygens (including phenoxy) is 1. The Morgan fingerprint density at radius 2 is 1.71 bits per heavy atom. The number of aryl methyl sites for hydroxylation is 2. The highest BCUT2D eigenvalue weighted by Gasteiger charge is 2.33. The van der Waals surface area contributed by atoms with E-state index in [1.807, 2.05) is 50.2 Å². The van der Waals surface area contributed by atoms with Crippen LogP contribution in [0.1, 0.15) is 35.1 Å². The average molecular weight is 447 g/mol. The van der Waals surface area contributed by atoms with Crippen LogP contribution < -0.4 is 10.1 Å². The van der Waals surface area contributed by atoms with Crippen LogP contribution in [0.4, 0.5) is 0 Å². The van der Waals surface area contributed by atoms with Crippen LogP contribution in [0.15, 0.2) is 36.4 Å². The maximum Gasteiger partial charge on any atom is 0.234 e. The van der Waals surface area contributed by atoms with Crippen molar-refractivity contribution in [3.8, 4) is 5.75 Å². The van der Waals surface area contributed by atoms with E-state index in [4.69, 9.17) is 21.4 Å². The summed E-state index contributed by atoms with van der Waals surface area (Å²) in [6.07, 6.45) is 1.10. The van der Waals surface area contributed by atoms with Gasteiger partial charge in [0.2, 0.25) is 5.91 Å². The Labute approximate surface area is 188 Å². The van der Waals surface area contributed by atoms with E-state index in [0.29, 0.717) is 44.8 Å². The van der Waals surface area contributed by atoms with Crippen molar-refractivity contribution in [1.29, 1.82) is 0 Å². The van der Waals surface area contributed by atoms with E-state index in [0.717, 1.165) is 27.3 Å². The second kappa shape index (κ2) is 10.5. The minimum absolute atomic E-state index is 0.0119. The summed E-state index contributed by atoms with van der Waals surface area (Å²) in [5.74, 6) is 0.668. The van der Waals surface area contributed by atoms with Gasteiger partial charge in [0, 0.05) is 24.7 Å². The fraction of sp³-hybridized carbons (Fsp3) is 0.458. The molecule has 1 aliphatic heterocycles. The first-order chi connectivity index (χ1) is 14.8. The van der Waals surface area contributed by atoms with E-state index in [9.17, 15) is 9.90 Å². The number of aliphatic hydroxyl groups is 2. The number of carbonyl (C=O) groups is 1. The number of rotatable bonds is 8. The van der Waals surface area contributed by atoms with Gasteiger partial charge in [0.25, 0.3) is 0 Å². The monoisotopic (exact) mass is 446 g/mol. The van der Waals surface area contributed by atoms with Crippen LogP contribution in [0.3, 0.4) is 0 Å². The molecule has 2 aromatic carbocycles. The third-order valence-electron chi connectivity index (χ3n) is 5.77. The fourth-order valence-corrected chi connectivity index (χ4v) is 3.81. The Bertz CT molecular complexity index is 870. The van der Waals surface area contributed by atoms with Crippen molar-refractivity contribution in [3.63, 3.8) is 0 Å². The summed E-state index contributed by atoms with van der Waals surface area (Å²) in [6, 6.07) is 11.3. The van der Waals surface area contributed by atoms with Gasteiger partial charge in [-0.25, -0.2) is 0 Å². The van der Waals surface area contributed by atoms with Crippen LogP contribution in [-0.4, -0.2) is 52.9 Å². The molecule has 0 unspecified atom stereocenters. The van der Waals surface area contributed by atoms with Crippen LogP contribution >= 0.6 is 11.6 Å². The van der Waals surface area contributed by atoms with Crippen molar-refractivity contribution in [2.24, 2.45) is 0 Å². The van der Waals surface area contributed by atoms with E-state index in [1.54, 1.807) is 0 Å². The number of amides is 1. The SMILES string of the molecule is Cc1cc(OCC2(O)CCN(CC(=O)NCc3ccc(CO)cc3)CC2)cc(C)c1Cl. The van der Waals surface area contributed by atoms with Crippen molar-refractivity contribution >= 4 is 17.5 Å². The molecule has 3 rings (SSSR count). The molecule has 0 spiro atoms. The zero-order valence-electron chi connectivity index (χ0n) is 18.2. The van der Waals surface area contributed by atoms with Crippen molar-refractivity contribution in [2.75, 3.05) is 26.2 Å².